The second-order valence-corrected chi connectivity index (χ2v) is 7.01. The maximum Gasteiger partial charge on any atom is 0.224 e. The van der Waals surface area contributed by atoms with Crippen molar-refractivity contribution in [2.45, 2.75) is 32.1 Å². The molecular formula is C20H33IN4O2. The molecule has 0 radical (unpaired) electrons. The SMILES string of the molecule is CN=C(NCCC(=O)N1CCCC(C)C1)NCC(CO)c1ccccc1.I. The number of halogens is 1. The Morgan fingerprint density at radius 3 is 2.70 bits per heavy atom. The molecule has 0 aromatic heterocycles. The number of carbonyl (C=O) groups is 1. The standard InChI is InChI=1S/C20H32N4O2.HI/c1-16-7-6-12-24(14-16)19(26)10-11-22-20(21-2)23-13-18(15-25)17-8-4-3-5-9-17;/h3-5,8-9,16,18,25H,6-7,10-15H2,1-2H3,(H2,21,22,23);1H. The molecule has 152 valence electrons. The predicted octanol–water partition coefficient (Wildman–Crippen LogP) is 2.19. The zero-order valence-corrected chi connectivity index (χ0v) is 18.7. The fraction of sp³-hybridized carbons (Fsp3) is 0.600. The third kappa shape index (κ3) is 8.04. The van der Waals surface area contributed by atoms with Crippen LogP contribution in [0.5, 0.6) is 0 Å². The molecule has 0 spiro atoms. The summed E-state index contributed by atoms with van der Waals surface area (Å²) >= 11 is 0. The van der Waals surface area contributed by atoms with Gasteiger partial charge in [0.25, 0.3) is 0 Å². The van der Waals surface area contributed by atoms with E-state index in [0.29, 0.717) is 31.4 Å². The summed E-state index contributed by atoms with van der Waals surface area (Å²) in [5.74, 6) is 1.46. The summed E-state index contributed by atoms with van der Waals surface area (Å²) in [6, 6.07) is 9.93. The molecule has 1 aromatic rings. The van der Waals surface area contributed by atoms with Crippen LogP contribution in [0.3, 0.4) is 0 Å². The highest BCUT2D eigenvalue weighted by Crippen LogP contribution is 2.16. The number of aliphatic hydroxyl groups is 1. The van der Waals surface area contributed by atoms with Crippen molar-refractivity contribution in [2.75, 3.05) is 39.8 Å². The zero-order valence-electron chi connectivity index (χ0n) is 16.4. The predicted molar refractivity (Wildman–Crippen MR) is 121 cm³/mol. The molecule has 1 amide bonds. The van der Waals surface area contributed by atoms with Crippen LogP contribution in [0.25, 0.3) is 0 Å². The molecule has 2 atom stereocenters. The van der Waals surface area contributed by atoms with Crippen molar-refractivity contribution in [1.82, 2.24) is 15.5 Å². The van der Waals surface area contributed by atoms with Crippen LogP contribution in [-0.4, -0.2) is 61.7 Å². The van der Waals surface area contributed by atoms with Gasteiger partial charge < -0.3 is 20.6 Å². The van der Waals surface area contributed by atoms with Gasteiger partial charge in [0.1, 0.15) is 0 Å². The largest absolute Gasteiger partial charge is 0.396 e. The van der Waals surface area contributed by atoms with Crippen LogP contribution < -0.4 is 10.6 Å². The first-order valence-electron chi connectivity index (χ1n) is 9.52. The molecule has 1 heterocycles. The Bertz CT molecular complexity index is 583. The van der Waals surface area contributed by atoms with Gasteiger partial charge in [0, 0.05) is 45.6 Å². The third-order valence-electron chi connectivity index (χ3n) is 4.87. The van der Waals surface area contributed by atoms with E-state index in [4.69, 9.17) is 0 Å². The summed E-state index contributed by atoms with van der Waals surface area (Å²) in [6.45, 7) is 5.16. The topological polar surface area (TPSA) is 77.0 Å². The van der Waals surface area contributed by atoms with E-state index in [9.17, 15) is 9.90 Å². The number of amides is 1. The highest BCUT2D eigenvalue weighted by atomic mass is 127. The Labute approximate surface area is 179 Å². The first-order chi connectivity index (χ1) is 12.6. The van der Waals surface area contributed by atoms with Crippen molar-refractivity contribution in [3.8, 4) is 0 Å². The molecule has 3 N–H and O–H groups in total. The van der Waals surface area contributed by atoms with Crippen LogP contribution in [0.1, 0.15) is 37.7 Å². The van der Waals surface area contributed by atoms with Gasteiger partial charge in [-0.25, -0.2) is 0 Å². The normalized spacial score (nSPS) is 18.4. The molecule has 1 saturated heterocycles. The molecule has 1 aromatic carbocycles. The number of rotatable bonds is 7. The number of carbonyl (C=O) groups excluding carboxylic acids is 1. The summed E-state index contributed by atoms with van der Waals surface area (Å²) in [5, 5.41) is 16.1. The van der Waals surface area contributed by atoms with Crippen molar-refractivity contribution in [2.24, 2.45) is 10.9 Å². The Kier molecular flexibility index (Phi) is 11.3. The molecule has 1 fully saturated rings. The molecule has 2 unspecified atom stereocenters. The van der Waals surface area contributed by atoms with Crippen LogP contribution in [0.4, 0.5) is 0 Å². The molecule has 1 aliphatic heterocycles. The van der Waals surface area contributed by atoms with E-state index in [1.807, 2.05) is 35.2 Å². The van der Waals surface area contributed by atoms with E-state index >= 15 is 0 Å². The van der Waals surface area contributed by atoms with Crippen LogP contribution in [-0.2, 0) is 4.79 Å². The number of aliphatic imine (C=N–C) groups is 1. The molecule has 7 heteroatoms. The van der Waals surface area contributed by atoms with E-state index in [0.717, 1.165) is 25.1 Å². The lowest BCUT2D eigenvalue weighted by Gasteiger charge is -2.31. The summed E-state index contributed by atoms with van der Waals surface area (Å²) in [5.41, 5.74) is 1.09. The molecule has 0 aliphatic carbocycles. The van der Waals surface area contributed by atoms with Crippen LogP contribution in [0, 0.1) is 5.92 Å². The van der Waals surface area contributed by atoms with Gasteiger partial charge in [0.2, 0.25) is 5.91 Å². The summed E-state index contributed by atoms with van der Waals surface area (Å²) < 4.78 is 0. The third-order valence-corrected chi connectivity index (χ3v) is 4.87. The van der Waals surface area contributed by atoms with Gasteiger partial charge in [0.05, 0.1) is 6.61 Å². The number of aliphatic hydroxyl groups excluding tert-OH is 1. The van der Waals surface area contributed by atoms with Crippen molar-refractivity contribution in [3.63, 3.8) is 0 Å². The molecule has 0 bridgehead atoms. The second kappa shape index (κ2) is 12.9. The number of likely N-dealkylation sites (tertiary alicyclic amines) is 1. The molecular weight excluding hydrogens is 455 g/mol. The number of nitrogens with zero attached hydrogens (tertiary/aromatic N) is 2. The zero-order chi connectivity index (χ0) is 18.8. The lowest BCUT2D eigenvalue weighted by atomic mass is 10.00. The summed E-state index contributed by atoms with van der Waals surface area (Å²) in [7, 11) is 1.71. The van der Waals surface area contributed by atoms with E-state index in [2.05, 4.69) is 22.5 Å². The maximum absolute atomic E-state index is 12.3. The van der Waals surface area contributed by atoms with Gasteiger partial charge in [-0.15, -0.1) is 24.0 Å². The number of nitrogens with one attached hydrogen (secondary N) is 2. The van der Waals surface area contributed by atoms with Gasteiger partial charge >= 0.3 is 0 Å². The van der Waals surface area contributed by atoms with E-state index in [1.54, 1.807) is 7.05 Å². The lowest BCUT2D eigenvalue weighted by Crippen LogP contribution is -2.43. The number of guanidine groups is 1. The van der Waals surface area contributed by atoms with Crippen molar-refractivity contribution in [3.05, 3.63) is 35.9 Å². The Balaban J connectivity index is 0.00000364. The Hall–Kier alpha value is -1.35. The van der Waals surface area contributed by atoms with Crippen molar-refractivity contribution < 1.29 is 9.90 Å². The summed E-state index contributed by atoms with van der Waals surface area (Å²) in [6.07, 6.45) is 2.78. The second-order valence-electron chi connectivity index (χ2n) is 7.01. The fourth-order valence-electron chi connectivity index (χ4n) is 3.32. The van der Waals surface area contributed by atoms with Crippen molar-refractivity contribution in [1.29, 1.82) is 0 Å². The first-order valence-corrected chi connectivity index (χ1v) is 9.52. The number of hydrogen-bond acceptors (Lipinski definition) is 3. The van der Waals surface area contributed by atoms with Gasteiger partial charge in [-0.3, -0.25) is 9.79 Å². The number of piperidine rings is 1. The van der Waals surface area contributed by atoms with Gasteiger partial charge in [0.15, 0.2) is 5.96 Å². The smallest absolute Gasteiger partial charge is 0.224 e. The molecule has 27 heavy (non-hydrogen) atoms. The van der Waals surface area contributed by atoms with Gasteiger partial charge in [-0.2, -0.15) is 0 Å². The van der Waals surface area contributed by atoms with Crippen LogP contribution >= 0.6 is 24.0 Å². The average Bonchev–Trinajstić information content (AvgIpc) is 2.67. The maximum atomic E-state index is 12.3. The Morgan fingerprint density at radius 1 is 1.33 bits per heavy atom. The highest BCUT2D eigenvalue weighted by molar-refractivity contribution is 14.0. The minimum atomic E-state index is 0. The van der Waals surface area contributed by atoms with E-state index < -0.39 is 0 Å². The number of benzene rings is 1. The van der Waals surface area contributed by atoms with Gasteiger partial charge in [-0.1, -0.05) is 37.3 Å². The minimum Gasteiger partial charge on any atom is -0.396 e. The lowest BCUT2D eigenvalue weighted by molar-refractivity contribution is -0.132. The monoisotopic (exact) mass is 488 g/mol. The highest BCUT2D eigenvalue weighted by Gasteiger charge is 2.20. The first kappa shape index (κ1) is 23.7. The molecule has 6 nitrogen and oxygen atoms in total. The number of hydrogen-bond donors (Lipinski definition) is 3. The summed E-state index contributed by atoms with van der Waals surface area (Å²) in [4.78, 5) is 18.5. The quantitative estimate of drug-likeness (QED) is 0.313. The average molecular weight is 488 g/mol. The molecule has 1 aliphatic rings. The Morgan fingerprint density at radius 2 is 2.07 bits per heavy atom. The minimum absolute atomic E-state index is 0. The van der Waals surface area contributed by atoms with E-state index in [-0.39, 0.29) is 42.4 Å². The fourth-order valence-corrected chi connectivity index (χ4v) is 3.32. The van der Waals surface area contributed by atoms with E-state index in [1.165, 1.54) is 6.42 Å². The van der Waals surface area contributed by atoms with Gasteiger partial charge in [-0.05, 0) is 24.3 Å². The molecule has 2 rings (SSSR count). The van der Waals surface area contributed by atoms with Crippen LogP contribution in [0.2, 0.25) is 0 Å². The molecule has 0 saturated carbocycles. The van der Waals surface area contributed by atoms with Crippen LogP contribution in [0.15, 0.2) is 35.3 Å². The van der Waals surface area contributed by atoms with Crippen molar-refractivity contribution >= 4 is 35.8 Å².